The van der Waals surface area contributed by atoms with Crippen LogP contribution in [0.4, 0.5) is 0 Å². The van der Waals surface area contributed by atoms with Crippen molar-refractivity contribution in [3.05, 3.63) is 68.1 Å². The van der Waals surface area contributed by atoms with Crippen LogP contribution in [0.2, 0.25) is 0 Å². The molecule has 0 aromatic carbocycles. The smallest absolute Gasteiger partial charge is 0.343 e. The second-order valence-electron chi connectivity index (χ2n) is 10.6. The Hall–Kier alpha value is -3.70. The number of fused-ring (bicyclic) bond motifs is 6. The Morgan fingerprint density at radius 1 is 1.24 bits per heavy atom. The van der Waals surface area contributed by atoms with Gasteiger partial charge in [-0.15, -0.1) is 0 Å². The number of pyridine rings is 1. The number of carbonyl (C=O) groups excluding carboxylic acids is 2. The van der Waals surface area contributed by atoms with Crippen molar-refractivity contribution in [2.24, 2.45) is 16.8 Å². The topological polar surface area (TPSA) is 149 Å². The molecular weight excluding hydrogens is 494 g/mol. The first-order chi connectivity index (χ1) is 18.3. The predicted octanol–water partition coefficient (Wildman–Crippen LogP) is 0.273. The third-order valence-electron chi connectivity index (χ3n) is 8.44. The number of allylic oxidation sites excluding steroid dienone is 1. The molecule has 7 rings (SSSR count). The molecule has 0 spiro atoms. The molecule has 38 heavy (non-hydrogen) atoms. The molecule has 2 unspecified atom stereocenters. The van der Waals surface area contributed by atoms with Crippen molar-refractivity contribution in [3.63, 3.8) is 0 Å². The number of nitrogens with zero attached hydrogens (tertiary/aromatic N) is 2. The molecule has 4 aliphatic heterocycles. The lowest BCUT2D eigenvalue weighted by molar-refractivity contribution is -0.172. The molecule has 3 N–H and O–H groups in total. The van der Waals surface area contributed by atoms with Crippen LogP contribution in [0.3, 0.4) is 0 Å². The first kappa shape index (κ1) is 23.4. The minimum absolute atomic E-state index is 0.00177. The van der Waals surface area contributed by atoms with Crippen LogP contribution in [0.25, 0.3) is 0 Å². The van der Waals surface area contributed by atoms with Gasteiger partial charge in [-0.05, 0) is 49.0 Å². The number of dihydropyridines is 1. The number of amides is 1. The first-order valence-corrected chi connectivity index (χ1v) is 12.9. The second-order valence-corrected chi connectivity index (χ2v) is 10.6. The van der Waals surface area contributed by atoms with Crippen molar-refractivity contribution in [3.8, 4) is 0 Å². The van der Waals surface area contributed by atoms with E-state index in [0.29, 0.717) is 22.9 Å². The fraction of sp³-hybridized carbons (Fsp3) is 0.481. The normalized spacial score (nSPS) is 29.2. The van der Waals surface area contributed by atoms with Crippen molar-refractivity contribution < 1.29 is 34.0 Å². The maximum Gasteiger partial charge on any atom is 0.343 e. The van der Waals surface area contributed by atoms with Gasteiger partial charge in [-0.3, -0.25) is 14.6 Å². The van der Waals surface area contributed by atoms with Gasteiger partial charge < -0.3 is 34.3 Å². The highest BCUT2D eigenvalue weighted by atomic mass is 16.7. The van der Waals surface area contributed by atoms with Gasteiger partial charge in [0.15, 0.2) is 17.1 Å². The molecular formula is C27H27N3O8. The van der Waals surface area contributed by atoms with Gasteiger partial charge in [0, 0.05) is 23.6 Å². The van der Waals surface area contributed by atoms with E-state index < -0.39 is 23.6 Å². The Bertz CT molecular complexity index is 1480. The van der Waals surface area contributed by atoms with E-state index in [-0.39, 0.29) is 67.5 Å². The number of aliphatic hydroxyl groups excluding tert-OH is 1. The van der Waals surface area contributed by atoms with E-state index in [1.165, 1.54) is 0 Å². The monoisotopic (exact) mass is 521 g/mol. The van der Waals surface area contributed by atoms with Gasteiger partial charge in [-0.1, -0.05) is 6.92 Å². The molecule has 198 valence electrons. The zero-order valence-corrected chi connectivity index (χ0v) is 20.7. The lowest BCUT2D eigenvalue weighted by Crippen LogP contribution is -2.44. The van der Waals surface area contributed by atoms with Gasteiger partial charge in [0.2, 0.25) is 12.7 Å². The molecule has 11 nitrogen and oxygen atoms in total. The third kappa shape index (κ3) is 3.27. The molecule has 1 saturated heterocycles. The predicted molar refractivity (Wildman–Crippen MR) is 130 cm³/mol. The van der Waals surface area contributed by atoms with E-state index in [9.17, 15) is 24.6 Å². The summed E-state index contributed by atoms with van der Waals surface area (Å²) in [4.78, 5) is 43.7. The van der Waals surface area contributed by atoms with Gasteiger partial charge in [0.25, 0.3) is 5.56 Å². The average molecular weight is 522 g/mol. The molecule has 0 radical (unpaired) electrons. The Morgan fingerprint density at radius 3 is 2.74 bits per heavy atom. The first-order valence-electron chi connectivity index (χ1n) is 12.9. The Kier molecular flexibility index (Phi) is 5.02. The molecule has 5 heterocycles. The minimum Gasteiger partial charge on any atom is -0.458 e. The Balaban J connectivity index is 1.34. The number of rotatable bonds is 5. The molecule has 11 heteroatoms. The summed E-state index contributed by atoms with van der Waals surface area (Å²) in [5.41, 5.74) is 0.945. The molecule has 1 aromatic heterocycles. The molecule has 1 amide bonds. The number of ether oxygens (including phenoxy) is 3. The van der Waals surface area contributed by atoms with E-state index in [4.69, 9.17) is 19.2 Å². The second kappa shape index (κ2) is 8.15. The maximum atomic E-state index is 13.6. The highest BCUT2D eigenvalue weighted by Gasteiger charge is 2.47. The largest absolute Gasteiger partial charge is 0.458 e. The molecule has 2 aliphatic carbocycles. The molecule has 6 aliphatic rings. The summed E-state index contributed by atoms with van der Waals surface area (Å²) in [6.45, 7) is 1.94. The van der Waals surface area contributed by atoms with E-state index >= 15 is 0 Å². The quantitative estimate of drug-likeness (QED) is 0.468. The Morgan fingerprint density at radius 2 is 2.00 bits per heavy atom. The number of hydrogen-bond acceptors (Lipinski definition) is 9. The number of cyclic esters (lactones) is 1. The minimum atomic E-state index is -1.91. The average Bonchev–Trinajstić information content (AvgIpc) is 3.56. The summed E-state index contributed by atoms with van der Waals surface area (Å²) in [7, 11) is 0. The third-order valence-corrected chi connectivity index (χ3v) is 8.44. The van der Waals surface area contributed by atoms with Crippen LogP contribution >= 0.6 is 0 Å². The van der Waals surface area contributed by atoms with E-state index in [1.54, 1.807) is 17.6 Å². The van der Waals surface area contributed by atoms with Crippen LogP contribution in [0.5, 0.6) is 0 Å². The number of aromatic nitrogens is 1. The number of hydrogen-bond donors (Lipinski definition) is 3. The highest BCUT2D eigenvalue weighted by Crippen LogP contribution is 2.42. The van der Waals surface area contributed by atoms with E-state index in [1.807, 2.05) is 12.2 Å². The van der Waals surface area contributed by atoms with Crippen LogP contribution in [0, 0.1) is 11.8 Å². The van der Waals surface area contributed by atoms with Crippen LogP contribution < -0.4 is 10.9 Å². The van der Waals surface area contributed by atoms with E-state index in [2.05, 4.69) is 5.32 Å². The summed E-state index contributed by atoms with van der Waals surface area (Å²) >= 11 is 0. The molecule has 1 aromatic rings. The number of nitrogens with one attached hydrogen (secondary N) is 1. The van der Waals surface area contributed by atoms with Gasteiger partial charge in [0.1, 0.15) is 12.7 Å². The van der Waals surface area contributed by atoms with Crippen molar-refractivity contribution in [1.82, 2.24) is 9.88 Å². The molecule has 1 saturated carbocycles. The lowest BCUT2D eigenvalue weighted by atomic mass is 9.80. The van der Waals surface area contributed by atoms with Crippen molar-refractivity contribution in [2.45, 2.75) is 57.1 Å². The standard InChI is InChI=1S/C27H27N3O8/c1-2-27(35)17-6-19-22-15(9-30(19)25(33)16(17)10-36-26(27)34)14(8-28-24(32)23(31)12-3-4-12)13-5-20-21(38-11-37-20)7-18(13)29-22/h5-7,12-13,18,23,31,35H,2-4,8-11H2,1H3,(H,28,32)/t13?,18?,23-,27-/m0/s1. The van der Waals surface area contributed by atoms with Gasteiger partial charge >= 0.3 is 5.97 Å². The van der Waals surface area contributed by atoms with Crippen LogP contribution in [0.15, 0.2) is 50.7 Å². The van der Waals surface area contributed by atoms with Crippen LogP contribution in [-0.2, 0) is 42.6 Å². The van der Waals surface area contributed by atoms with Gasteiger partial charge in [-0.25, -0.2) is 4.79 Å². The zero-order chi connectivity index (χ0) is 26.3. The van der Waals surface area contributed by atoms with Gasteiger partial charge in [-0.2, -0.15) is 0 Å². The number of aliphatic hydroxyl groups is 2. The number of aliphatic imine (C=N–C) groups is 1. The summed E-state index contributed by atoms with van der Waals surface area (Å²) in [5, 5.41) is 24.3. The van der Waals surface area contributed by atoms with Crippen LogP contribution in [0.1, 0.15) is 43.0 Å². The highest BCUT2D eigenvalue weighted by molar-refractivity contribution is 6.15. The lowest BCUT2D eigenvalue weighted by Gasteiger charge is -2.32. The van der Waals surface area contributed by atoms with Gasteiger partial charge in [0.05, 0.1) is 29.6 Å². The molecule has 2 fully saturated rings. The maximum absolute atomic E-state index is 13.6. The van der Waals surface area contributed by atoms with Crippen LogP contribution in [-0.4, -0.2) is 57.9 Å². The fourth-order valence-corrected chi connectivity index (χ4v) is 6.03. The number of carbonyl (C=O) groups is 2. The summed E-state index contributed by atoms with van der Waals surface area (Å²) in [6.07, 6.45) is 4.48. The summed E-state index contributed by atoms with van der Waals surface area (Å²) < 4.78 is 17.9. The van der Waals surface area contributed by atoms with E-state index in [0.717, 1.165) is 24.0 Å². The van der Waals surface area contributed by atoms with Crippen molar-refractivity contribution >= 4 is 17.6 Å². The summed E-state index contributed by atoms with van der Waals surface area (Å²) in [6, 6.07) is 1.30. The van der Waals surface area contributed by atoms with Crippen molar-refractivity contribution in [2.75, 3.05) is 13.3 Å². The molecule has 4 atom stereocenters. The summed E-state index contributed by atoms with van der Waals surface area (Å²) in [5.74, 6) is -0.243. The zero-order valence-electron chi connectivity index (χ0n) is 20.7. The van der Waals surface area contributed by atoms with Crippen molar-refractivity contribution in [1.29, 1.82) is 0 Å². The number of esters is 1. The fourth-order valence-electron chi connectivity index (χ4n) is 6.03. The SMILES string of the molecule is CC[C@@]1(O)C(=O)OCc2c1cc1n(c2=O)CC2=C(CNC(=O)[C@@H](O)C3CC3)C3C=C4OCOC4=CC3N=C21. The Labute approximate surface area is 217 Å². The molecule has 0 bridgehead atoms.